The van der Waals surface area contributed by atoms with Crippen LogP contribution in [0.4, 0.5) is 5.95 Å². The van der Waals surface area contributed by atoms with Crippen molar-refractivity contribution in [1.29, 1.82) is 0 Å². The molecule has 1 aliphatic heterocycles. The Morgan fingerprint density at radius 1 is 1.53 bits per heavy atom. The van der Waals surface area contributed by atoms with E-state index in [1.807, 2.05) is 0 Å². The van der Waals surface area contributed by atoms with Gasteiger partial charge in [-0.15, -0.1) is 0 Å². The Morgan fingerprint density at radius 3 is 3.05 bits per heavy atom. The summed E-state index contributed by atoms with van der Waals surface area (Å²) in [4.78, 5) is 22.6. The van der Waals surface area contributed by atoms with Crippen LogP contribution in [0.3, 0.4) is 0 Å². The first-order valence-electron chi connectivity index (χ1n) is 6.60. The molecule has 1 aromatic heterocycles. The summed E-state index contributed by atoms with van der Waals surface area (Å²) in [6, 6.07) is 1.79. The highest BCUT2D eigenvalue weighted by atomic mass is 16.5. The number of anilines is 1. The molecule has 0 bridgehead atoms. The van der Waals surface area contributed by atoms with Crippen molar-refractivity contribution < 1.29 is 9.53 Å². The third-order valence-electron chi connectivity index (χ3n) is 3.23. The highest BCUT2D eigenvalue weighted by molar-refractivity contribution is 5.79. The lowest BCUT2D eigenvalue weighted by Gasteiger charge is -2.31. The third kappa shape index (κ3) is 3.89. The normalized spacial score (nSPS) is 19.2. The fourth-order valence-electron chi connectivity index (χ4n) is 2.25. The minimum Gasteiger partial charge on any atom is -0.383 e. The SMILES string of the molecule is COCCNC(=O)[C@H]1CCCN(c2ncccn2)C1. The standard InChI is InChI=1S/C13H20N4O2/c1-19-9-7-14-12(18)11-4-2-8-17(10-11)13-15-5-3-6-16-13/h3,5-6,11H,2,4,7-10H2,1H3,(H,14,18)/t11-/m0/s1. The van der Waals surface area contributed by atoms with E-state index in [9.17, 15) is 4.79 Å². The molecule has 1 fully saturated rings. The Morgan fingerprint density at radius 2 is 2.32 bits per heavy atom. The van der Waals surface area contributed by atoms with Crippen molar-refractivity contribution in [3.63, 3.8) is 0 Å². The summed E-state index contributed by atoms with van der Waals surface area (Å²) in [5.41, 5.74) is 0. The van der Waals surface area contributed by atoms with Crippen molar-refractivity contribution in [2.45, 2.75) is 12.8 Å². The number of nitrogens with one attached hydrogen (secondary N) is 1. The molecule has 0 spiro atoms. The second kappa shape index (κ2) is 7.04. The topological polar surface area (TPSA) is 67.3 Å². The Labute approximate surface area is 113 Å². The lowest BCUT2D eigenvalue weighted by Crippen LogP contribution is -2.44. The van der Waals surface area contributed by atoms with Crippen LogP contribution in [0, 0.1) is 5.92 Å². The van der Waals surface area contributed by atoms with Crippen LogP contribution in [0.2, 0.25) is 0 Å². The summed E-state index contributed by atoms with van der Waals surface area (Å²) in [5, 5.41) is 2.89. The van der Waals surface area contributed by atoms with Gasteiger partial charge in [-0.1, -0.05) is 0 Å². The smallest absolute Gasteiger partial charge is 0.225 e. The summed E-state index contributed by atoms with van der Waals surface area (Å²) < 4.78 is 4.92. The highest BCUT2D eigenvalue weighted by Crippen LogP contribution is 2.19. The molecule has 1 aliphatic rings. The zero-order chi connectivity index (χ0) is 13.5. The van der Waals surface area contributed by atoms with E-state index in [-0.39, 0.29) is 11.8 Å². The molecule has 2 rings (SSSR count). The molecule has 0 aliphatic carbocycles. The van der Waals surface area contributed by atoms with E-state index >= 15 is 0 Å². The van der Waals surface area contributed by atoms with Gasteiger partial charge in [0, 0.05) is 39.1 Å². The van der Waals surface area contributed by atoms with E-state index in [1.165, 1.54) is 0 Å². The largest absolute Gasteiger partial charge is 0.383 e. The van der Waals surface area contributed by atoms with Crippen LogP contribution >= 0.6 is 0 Å². The molecule has 6 heteroatoms. The molecule has 0 unspecified atom stereocenters. The monoisotopic (exact) mass is 264 g/mol. The number of hydrogen-bond donors (Lipinski definition) is 1. The Kier molecular flexibility index (Phi) is 5.09. The first kappa shape index (κ1) is 13.7. The lowest BCUT2D eigenvalue weighted by atomic mass is 9.97. The number of carbonyl (C=O) groups excluding carboxylic acids is 1. The number of nitrogens with zero attached hydrogens (tertiary/aromatic N) is 3. The number of ether oxygens (including phenoxy) is 1. The van der Waals surface area contributed by atoms with Crippen molar-refractivity contribution in [2.75, 3.05) is 38.3 Å². The van der Waals surface area contributed by atoms with E-state index in [0.29, 0.717) is 25.6 Å². The number of hydrogen-bond acceptors (Lipinski definition) is 5. The molecule has 2 heterocycles. The minimum absolute atomic E-state index is 0.00872. The van der Waals surface area contributed by atoms with Crippen LogP contribution in [0.15, 0.2) is 18.5 Å². The molecule has 0 radical (unpaired) electrons. The fraction of sp³-hybridized carbons (Fsp3) is 0.615. The van der Waals surface area contributed by atoms with Gasteiger partial charge in [0.15, 0.2) is 0 Å². The van der Waals surface area contributed by atoms with E-state index in [0.717, 1.165) is 19.4 Å². The predicted octanol–water partition coefficient (Wildman–Crippen LogP) is 0.456. The number of rotatable bonds is 5. The molecule has 6 nitrogen and oxygen atoms in total. The van der Waals surface area contributed by atoms with Gasteiger partial charge >= 0.3 is 0 Å². The average Bonchev–Trinajstić information content (AvgIpc) is 2.48. The van der Waals surface area contributed by atoms with Crippen LogP contribution in [-0.4, -0.2) is 49.2 Å². The summed E-state index contributed by atoms with van der Waals surface area (Å²) >= 11 is 0. The first-order valence-corrected chi connectivity index (χ1v) is 6.60. The third-order valence-corrected chi connectivity index (χ3v) is 3.23. The molecule has 0 aromatic carbocycles. The maximum atomic E-state index is 12.0. The van der Waals surface area contributed by atoms with Crippen molar-refractivity contribution in [3.05, 3.63) is 18.5 Å². The van der Waals surface area contributed by atoms with Crippen LogP contribution in [0.1, 0.15) is 12.8 Å². The van der Waals surface area contributed by atoms with Gasteiger partial charge in [0.1, 0.15) is 0 Å². The van der Waals surface area contributed by atoms with Gasteiger partial charge in [-0.05, 0) is 18.9 Å². The summed E-state index contributed by atoms with van der Waals surface area (Å²) in [6.45, 7) is 2.70. The van der Waals surface area contributed by atoms with Crippen LogP contribution in [0.5, 0.6) is 0 Å². The number of carbonyl (C=O) groups is 1. The maximum absolute atomic E-state index is 12.0. The molecule has 19 heavy (non-hydrogen) atoms. The number of piperidine rings is 1. The van der Waals surface area contributed by atoms with E-state index < -0.39 is 0 Å². The fourth-order valence-corrected chi connectivity index (χ4v) is 2.25. The number of amides is 1. The molecule has 1 N–H and O–H groups in total. The quantitative estimate of drug-likeness (QED) is 0.782. The van der Waals surface area contributed by atoms with Gasteiger partial charge in [-0.2, -0.15) is 0 Å². The van der Waals surface area contributed by atoms with E-state index in [1.54, 1.807) is 25.6 Å². The Balaban J connectivity index is 1.88. The van der Waals surface area contributed by atoms with E-state index in [2.05, 4.69) is 20.2 Å². The molecular weight excluding hydrogens is 244 g/mol. The lowest BCUT2D eigenvalue weighted by molar-refractivity contribution is -0.125. The maximum Gasteiger partial charge on any atom is 0.225 e. The summed E-state index contributed by atoms with van der Waals surface area (Å²) in [6.07, 6.45) is 5.36. The second-order valence-electron chi connectivity index (χ2n) is 4.62. The second-order valence-corrected chi connectivity index (χ2v) is 4.62. The van der Waals surface area contributed by atoms with Crippen molar-refractivity contribution in [3.8, 4) is 0 Å². The predicted molar refractivity (Wildman–Crippen MR) is 71.9 cm³/mol. The molecule has 0 saturated carbocycles. The van der Waals surface area contributed by atoms with Gasteiger partial charge in [-0.3, -0.25) is 4.79 Å². The van der Waals surface area contributed by atoms with Crippen molar-refractivity contribution in [2.24, 2.45) is 5.92 Å². The first-order chi connectivity index (χ1) is 9.31. The molecule has 1 aromatic rings. The van der Waals surface area contributed by atoms with Gasteiger partial charge in [-0.25, -0.2) is 9.97 Å². The molecule has 1 amide bonds. The van der Waals surface area contributed by atoms with Crippen molar-refractivity contribution in [1.82, 2.24) is 15.3 Å². The molecule has 1 atom stereocenters. The Bertz CT molecular complexity index is 399. The van der Waals surface area contributed by atoms with Crippen LogP contribution < -0.4 is 10.2 Å². The minimum atomic E-state index is 0.00872. The molecule has 1 saturated heterocycles. The number of aromatic nitrogens is 2. The van der Waals surface area contributed by atoms with Gasteiger partial charge in [0.25, 0.3) is 0 Å². The van der Waals surface area contributed by atoms with Crippen molar-refractivity contribution >= 4 is 11.9 Å². The Hall–Kier alpha value is -1.69. The highest BCUT2D eigenvalue weighted by Gasteiger charge is 2.26. The summed E-state index contributed by atoms with van der Waals surface area (Å²) in [5.74, 6) is 0.809. The average molecular weight is 264 g/mol. The van der Waals surface area contributed by atoms with Gasteiger partial charge in [0.05, 0.1) is 12.5 Å². The molecule has 104 valence electrons. The van der Waals surface area contributed by atoms with Gasteiger partial charge < -0.3 is 15.0 Å². The molecular formula is C13H20N4O2. The zero-order valence-electron chi connectivity index (χ0n) is 11.2. The van der Waals surface area contributed by atoms with Crippen LogP contribution in [0.25, 0.3) is 0 Å². The van der Waals surface area contributed by atoms with E-state index in [4.69, 9.17) is 4.74 Å². The van der Waals surface area contributed by atoms with Gasteiger partial charge in [0.2, 0.25) is 11.9 Å². The number of methoxy groups -OCH3 is 1. The summed E-state index contributed by atoms with van der Waals surface area (Å²) in [7, 11) is 1.63. The zero-order valence-corrected chi connectivity index (χ0v) is 11.2. The van der Waals surface area contributed by atoms with Crippen LogP contribution in [-0.2, 0) is 9.53 Å².